The minimum Gasteiger partial charge on any atom is -0.381 e. The summed E-state index contributed by atoms with van der Waals surface area (Å²) in [4.78, 5) is 11.7. The number of halogens is 5. The molecule has 3 nitrogen and oxygen atoms in total. The van der Waals surface area contributed by atoms with Crippen molar-refractivity contribution in [2.45, 2.75) is 12.6 Å². The van der Waals surface area contributed by atoms with E-state index < -0.39 is 29.0 Å². The van der Waals surface area contributed by atoms with Crippen LogP contribution in [0.4, 0.5) is 17.6 Å². The fourth-order valence-corrected chi connectivity index (χ4v) is 1.73. The van der Waals surface area contributed by atoms with Gasteiger partial charge in [0.15, 0.2) is 0 Å². The number of carbonyl (C=O) groups excluding carboxylic acids is 1. The Labute approximate surface area is 127 Å². The first-order valence-corrected chi connectivity index (χ1v) is 7.27. The second-order valence-corrected chi connectivity index (χ2v) is 4.90. The van der Waals surface area contributed by atoms with Crippen molar-refractivity contribution in [2.75, 3.05) is 25.1 Å². The highest BCUT2D eigenvalue weighted by molar-refractivity contribution is 9.09. The SMILES string of the molecule is O=C(NCCCOCCBr)c1cc(C(F)(F)F)ccc1F. The summed E-state index contributed by atoms with van der Waals surface area (Å²) >= 11 is 3.17. The molecule has 1 N–H and O–H groups in total. The van der Waals surface area contributed by atoms with Crippen molar-refractivity contribution in [1.82, 2.24) is 5.32 Å². The molecule has 1 amide bonds. The Hall–Kier alpha value is -1.15. The Morgan fingerprint density at radius 1 is 1.29 bits per heavy atom. The highest BCUT2D eigenvalue weighted by Crippen LogP contribution is 2.30. The molecule has 1 aromatic rings. The fourth-order valence-electron chi connectivity index (χ4n) is 1.50. The average Bonchev–Trinajstić information content (AvgIpc) is 2.41. The summed E-state index contributed by atoms with van der Waals surface area (Å²) in [7, 11) is 0. The second kappa shape index (κ2) is 8.33. The van der Waals surface area contributed by atoms with Gasteiger partial charge in [0.25, 0.3) is 5.91 Å². The first kappa shape index (κ1) is 17.9. The standard InChI is InChI=1S/C13H14BrF4NO2/c14-4-7-21-6-1-5-19-12(20)10-8-9(13(16,17)18)2-3-11(10)15/h2-3,8H,1,4-7H2,(H,19,20). The summed E-state index contributed by atoms with van der Waals surface area (Å²) in [6.45, 7) is 1.12. The van der Waals surface area contributed by atoms with E-state index in [0.717, 1.165) is 0 Å². The largest absolute Gasteiger partial charge is 0.416 e. The van der Waals surface area contributed by atoms with E-state index in [0.29, 0.717) is 43.2 Å². The van der Waals surface area contributed by atoms with E-state index in [1.165, 1.54) is 0 Å². The maximum atomic E-state index is 13.4. The topological polar surface area (TPSA) is 38.3 Å². The van der Waals surface area contributed by atoms with Crippen LogP contribution in [-0.4, -0.2) is 31.0 Å². The van der Waals surface area contributed by atoms with Gasteiger partial charge in [0, 0.05) is 18.5 Å². The Balaban J connectivity index is 2.57. The third-order valence-corrected chi connectivity index (χ3v) is 2.83. The van der Waals surface area contributed by atoms with Crippen LogP contribution in [-0.2, 0) is 10.9 Å². The molecular formula is C13H14BrF4NO2. The van der Waals surface area contributed by atoms with Crippen LogP contribution in [0.25, 0.3) is 0 Å². The Morgan fingerprint density at radius 2 is 2.00 bits per heavy atom. The molecule has 0 radical (unpaired) electrons. The van der Waals surface area contributed by atoms with Gasteiger partial charge in [0.1, 0.15) is 5.82 Å². The Bertz CT molecular complexity index is 480. The summed E-state index contributed by atoms with van der Waals surface area (Å²) < 4.78 is 56.1. The maximum Gasteiger partial charge on any atom is 0.416 e. The van der Waals surface area contributed by atoms with Gasteiger partial charge in [-0.1, -0.05) is 15.9 Å². The summed E-state index contributed by atoms with van der Waals surface area (Å²) in [5.74, 6) is -1.87. The fraction of sp³-hybridized carbons (Fsp3) is 0.462. The van der Waals surface area contributed by atoms with Gasteiger partial charge in [-0.15, -0.1) is 0 Å². The molecule has 0 aromatic heterocycles. The van der Waals surface area contributed by atoms with Gasteiger partial charge < -0.3 is 10.1 Å². The van der Waals surface area contributed by atoms with Crippen molar-refractivity contribution in [3.63, 3.8) is 0 Å². The molecule has 1 rings (SSSR count). The van der Waals surface area contributed by atoms with Gasteiger partial charge >= 0.3 is 6.18 Å². The summed E-state index contributed by atoms with van der Waals surface area (Å²) in [6.07, 6.45) is -4.13. The van der Waals surface area contributed by atoms with E-state index in [4.69, 9.17) is 4.74 Å². The van der Waals surface area contributed by atoms with Crippen LogP contribution in [0, 0.1) is 5.82 Å². The van der Waals surface area contributed by atoms with Crippen LogP contribution in [0.5, 0.6) is 0 Å². The minimum atomic E-state index is -4.62. The van der Waals surface area contributed by atoms with Crippen molar-refractivity contribution >= 4 is 21.8 Å². The summed E-state index contributed by atoms with van der Waals surface area (Å²) in [5, 5.41) is 3.05. The van der Waals surface area contributed by atoms with Crippen molar-refractivity contribution in [3.05, 3.63) is 35.1 Å². The molecule has 1 aromatic carbocycles. The molecule has 0 fully saturated rings. The van der Waals surface area contributed by atoms with E-state index in [1.807, 2.05) is 0 Å². The van der Waals surface area contributed by atoms with Gasteiger partial charge in [0.2, 0.25) is 0 Å². The molecule has 21 heavy (non-hydrogen) atoms. The zero-order chi connectivity index (χ0) is 15.9. The van der Waals surface area contributed by atoms with Crippen LogP contribution >= 0.6 is 15.9 Å². The van der Waals surface area contributed by atoms with E-state index in [9.17, 15) is 22.4 Å². The Kier molecular flexibility index (Phi) is 7.10. The third-order valence-electron chi connectivity index (χ3n) is 2.51. The number of alkyl halides is 4. The first-order valence-electron chi connectivity index (χ1n) is 6.15. The number of hydrogen-bond donors (Lipinski definition) is 1. The quantitative estimate of drug-likeness (QED) is 0.453. The lowest BCUT2D eigenvalue weighted by Gasteiger charge is -2.10. The first-order chi connectivity index (χ1) is 9.86. The number of amides is 1. The van der Waals surface area contributed by atoms with Crippen molar-refractivity contribution < 1.29 is 27.1 Å². The summed E-state index contributed by atoms with van der Waals surface area (Å²) in [6, 6.07) is 1.74. The molecule has 0 unspecified atom stereocenters. The zero-order valence-corrected chi connectivity index (χ0v) is 12.6. The molecule has 0 aliphatic heterocycles. The minimum absolute atomic E-state index is 0.191. The van der Waals surface area contributed by atoms with Gasteiger partial charge in [-0.25, -0.2) is 4.39 Å². The lowest BCUT2D eigenvalue weighted by atomic mass is 10.1. The highest BCUT2D eigenvalue weighted by Gasteiger charge is 2.31. The maximum absolute atomic E-state index is 13.4. The molecule has 0 saturated carbocycles. The smallest absolute Gasteiger partial charge is 0.381 e. The van der Waals surface area contributed by atoms with Crippen LogP contribution in [0.2, 0.25) is 0 Å². The highest BCUT2D eigenvalue weighted by atomic mass is 79.9. The molecular weight excluding hydrogens is 358 g/mol. The molecule has 0 atom stereocenters. The van der Waals surface area contributed by atoms with Crippen LogP contribution in [0.1, 0.15) is 22.3 Å². The van der Waals surface area contributed by atoms with Crippen LogP contribution in [0.15, 0.2) is 18.2 Å². The van der Waals surface area contributed by atoms with Crippen molar-refractivity contribution in [3.8, 4) is 0 Å². The van der Waals surface area contributed by atoms with Gasteiger partial charge in [-0.05, 0) is 24.6 Å². The zero-order valence-electron chi connectivity index (χ0n) is 11.0. The number of ether oxygens (including phenoxy) is 1. The monoisotopic (exact) mass is 371 g/mol. The predicted octanol–water partition coefficient (Wildman–Crippen LogP) is 3.38. The van der Waals surface area contributed by atoms with E-state index in [1.54, 1.807) is 0 Å². The Morgan fingerprint density at radius 3 is 2.62 bits per heavy atom. The van der Waals surface area contributed by atoms with Gasteiger partial charge in [0.05, 0.1) is 17.7 Å². The van der Waals surface area contributed by atoms with Crippen LogP contribution < -0.4 is 5.32 Å². The molecule has 0 aliphatic carbocycles. The van der Waals surface area contributed by atoms with Crippen molar-refractivity contribution in [2.24, 2.45) is 0 Å². The number of hydrogen-bond acceptors (Lipinski definition) is 2. The lowest BCUT2D eigenvalue weighted by molar-refractivity contribution is -0.137. The normalized spacial score (nSPS) is 11.5. The van der Waals surface area contributed by atoms with Gasteiger partial charge in [-0.3, -0.25) is 4.79 Å². The number of carbonyl (C=O) groups is 1. The van der Waals surface area contributed by atoms with Gasteiger partial charge in [-0.2, -0.15) is 13.2 Å². The molecule has 0 spiro atoms. The summed E-state index contributed by atoms with van der Waals surface area (Å²) in [5.41, 5.74) is -1.68. The van der Waals surface area contributed by atoms with E-state index in [2.05, 4.69) is 21.2 Å². The lowest BCUT2D eigenvalue weighted by Crippen LogP contribution is -2.26. The number of benzene rings is 1. The second-order valence-electron chi connectivity index (χ2n) is 4.10. The molecule has 0 aliphatic rings. The van der Waals surface area contributed by atoms with Crippen LogP contribution in [0.3, 0.4) is 0 Å². The average molecular weight is 372 g/mol. The predicted molar refractivity (Wildman–Crippen MR) is 73.0 cm³/mol. The third kappa shape index (κ3) is 6.01. The molecule has 0 bridgehead atoms. The molecule has 118 valence electrons. The molecule has 0 saturated heterocycles. The molecule has 8 heteroatoms. The number of nitrogens with one attached hydrogen (secondary N) is 1. The number of rotatable bonds is 7. The van der Waals surface area contributed by atoms with E-state index in [-0.39, 0.29) is 6.54 Å². The van der Waals surface area contributed by atoms with Crippen molar-refractivity contribution in [1.29, 1.82) is 0 Å². The molecule has 0 heterocycles. The van der Waals surface area contributed by atoms with E-state index >= 15 is 0 Å².